The molecule has 1 aliphatic heterocycles. The summed E-state index contributed by atoms with van der Waals surface area (Å²) in [4.78, 5) is 13.8. The molecule has 1 unspecified atom stereocenters. The Bertz CT molecular complexity index is 827. The van der Waals surface area contributed by atoms with Gasteiger partial charge in [-0.2, -0.15) is 13.2 Å². The van der Waals surface area contributed by atoms with E-state index < -0.39 is 17.4 Å². The van der Waals surface area contributed by atoms with Crippen LogP contribution < -0.4 is 15.6 Å². The minimum atomic E-state index is -4.59. The van der Waals surface area contributed by atoms with Crippen molar-refractivity contribution >= 4 is 5.70 Å². The number of halogens is 3. The minimum absolute atomic E-state index is 0.0759. The molecule has 2 N–H and O–H groups in total. The number of benzene rings is 1. The van der Waals surface area contributed by atoms with Crippen LogP contribution in [0, 0.1) is 0 Å². The summed E-state index contributed by atoms with van der Waals surface area (Å²) in [6.07, 6.45) is -3.93. The fraction of sp³-hybridized carbons (Fsp3) is 0.235. The van der Waals surface area contributed by atoms with Crippen molar-refractivity contribution in [3.8, 4) is 5.75 Å². The maximum atomic E-state index is 12.6. The highest BCUT2D eigenvalue weighted by molar-refractivity contribution is 5.61. The molecule has 24 heavy (non-hydrogen) atoms. The number of fused-ring (bicyclic) bond motifs is 1. The summed E-state index contributed by atoms with van der Waals surface area (Å²) in [7, 11) is 0. The second kappa shape index (κ2) is 6.07. The van der Waals surface area contributed by atoms with Crippen molar-refractivity contribution < 1.29 is 17.9 Å². The van der Waals surface area contributed by atoms with E-state index in [9.17, 15) is 18.0 Å². The lowest BCUT2D eigenvalue weighted by molar-refractivity contribution is -0.141. The SMILES string of the molecule is C=C(NC1CCOc2ccccc21)c1ccc(C(F)(F)F)[nH]c1=O. The lowest BCUT2D eigenvalue weighted by Crippen LogP contribution is -2.28. The molecule has 0 bridgehead atoms. The predicted octanol–water partition coefficient (Wildman–Crippen LogP) is 3.48. The average Bonchev–Trinajstić information content (AvgIpc) is 2.54. The van der Waals surface area contributed by atoms with Crippen LogP contribution in [-0.2, 0) is 6.18 Å². The molecule has 2 heterocycles. The van der Waals surface area contributed by atoms with Gasteiger partial charge in [-0.25, -0.2) is 0 Å². The summed E-state index contributed by atoms with van der Waals surface area (Å²) < 4.78 is 43.4. The monoisotopic (exact) mass is 336 g/mol. The number of nitrogens with one attached hydrogen (secondary N) is 2. The molecule has 0 amide bonds. The van der Waals surface area contributed by atoms with Gasteiger partial charge in [-0.15, -0.1) is 0 Å². The van der Waals surface area contributed by atoms with Crippen molar-refractivity contribution in [3.05, 3.63) is 70.2 Å². The molecule has 4 nitrogen and oxygen atoms in total. The van der Waals surface area contributed by atoms with Crippen molar-refractivity contribution in [1.29, 1.82) is 0 Å². The summed E-state index contributed by atoms with van der Waals surface area (Å²) in [6.45, 7) is 4.30. The first-order chi connectivity index (χ1) is 11.4. The van der Waals surface area contributed by atoms with Gasteiger partial charge >= 0.3 is 6.18 Å². The zero-order chi connectivity index (χ0) is 17.3. The number of rotatable bonds is 3. The van der Waals surface area contributed by atoms with Crippen molar-refractivity contribution in [3.63, 3.8) is 0 Å². The van der Waals surface area contributed by atoms with E-state index in [1.54, 1.807) is 0 Å². The number of H-pyrrole nitrogens is 1. The predicted molar refractivity (Wildman–Crippen MR) is 83.5 cm³/mol. The van der Waals surface area contributed by atoms with Gasteiger partial charge in [0.05, 0.1) is 18.2 Å². The summed E-state index contributed by atoms with van der Waals surface area (Å²) in [5.74, 6) is 0.746. The highest BCUT2D eigenvalue weighted by Gasteiger charge is 2.32. The van der Waals surface area contributed by atoms with Gasteiger partial charge in [0.1, 0.15) is 11.4 Å². The second-order valence-corrected chi connectivity index (χ2v) is 5.46. The summed E-state index contributed by atoms with van der Waals surface area (Å²) in [6, 6.07) is 9.31. The molecule has 1 aliphatic rings. The van der Waals surface area contributed by atoms with Gasteiger partial charge < -0.3 is 15.0 Å². The second-order valence-electron chi connectivity index (χ2n) is 5.46. The van der Waals surface area contributed by atoms with Crippen LogP contribution in [0.4, 0.5) is 13.2 Å². The van der Waals surface area contributed by atoms with E-state index in [-0.39, 0.29) is 17.3 Å². The molecule has 0 fully saturated rings. The Kier molecular flexibility index (Phi) is 4.09. The first kappa shape index (κ1) is 16.2. The number of pyridine rings is 1. The first-order valence-corrected chi connectivity index (χ1v) is 7.34. The van der Waals surface area contributed by atoms with E-state index in [1.807, 2.05) is 29.2 Å². The van der Waals surface area contributed by atoms with Gasteiger partial charge in [0.15, 0.2) is 0 Å². The molecule has 0 spiro atoms. The Balaban J connectivity index is 1.83. The molecule has 1 aromatic heterocycles. The highest BCUT2D eigenvalue weighted by atomic mass is 19.4. The summed E-state index contributed by atoms with van der Waals surface area (Å²) in [5, 5.41) is 3.11. The molecule has 2 aromatic rings. The third-order valence-corrected chi connectivity index (χ3v) is 3.85. The molecule has 0 aliphatic carbocycles. The van der Waals surface area contributed by atoms with Crippen molar-refractivity contribution in [2.45, 2.75) is 18.6 Å². The fourth-order valence-corrected chi connectivity index (χ4v) is 2.66. The zero-order valence-electron chi connectivity index (χ0n) is 12.6. The molecule has 7 heteroatoms. The third-order valence-electron chi connectivity index (χ3n) is 3.85. The van der Waals surface area contributed by atoms with E-state index >= 15 is 0 Å². The molecule has 3 rings (SSSR count). The Hall–Kier alpha value is -2.70. The molecule has 1 atom stereocenters. The van der Waals surface area contributed by atoms with Crippen LogP contribution >= 0.6 is 0 Å². The maximum absolute atomic E-state index is 12.6. The Morgan fingerprint density at radius 3 is 2.71 bits per heavy atom. The number of hydrogen-bond donors (Lipinski definition) is 2. The number of alkyl halides is 3. The van der Waals surface area contributed by atoms with Crippen LogP contribution in [0.1, 0.15) is 29.3 Å². The van der Waals surface area contributed by atoms with E-state index in [0.717, 1.165) is 23.4 Å². The molecular formula is C17H15F3N2O2. The smallest absolute Gasteiger partial charge is 0.431 e. The standard InChI is InChI=1S/C17H15F3N2O2/c1-10(11-6-7-15(17(18,19)20)22-16(11)23)21-13-8-9-24-14-5-3-2-4-12(13)14/h2-7,13,21H,1,8-9H2,(H,22,23). The van der Waals surface area contributed by atoms with Gasteiger partial charge in [-0.1, -0.05) is 24.8 Å². The minimum Gasteiger partial charge on any atom is -0.493 e. The molecular weight excluding hydrogens is 321 g/mol. The fourth-order valence-electron chi connectivity index (χ4n) is 2.66. The van der Waals surface area contributed by atoms with Crippen molar-refractivity contribution in [1.82, 2.24) is 10.3 Å². The normalized spacial score (nSPS) is 16.9. The quantitative estimate of drug-likeness (QED) is 0.902. The lowest BCUT2D eigenvalue weighted by Gasteiger charge is -2.28. The van der Waals surface area contributed by atoms with Crippen LogP contribution in [0.5, 0.6) is 5.75 Å². The van der Waals surface area contributed by atoms with Crippen LogP contribution in [0.3, 0.4) is 0 Å². The van der Waals surface area contributed by atoms with Crippen molar-refractivity contribution in [2.24, 2.45) is 0 Å². The Labute approximate surface area is 136 Å². The molecule has 0 saturated heterocycles. The van der Waals surface area contributed by atoms with Crippen LogP contribution in [0.15, 0.2) is 47.8 Å². The van der Waals surface area contributed by atoms with E-state index in [2.05, 4.69) is 11.9 Å². The van der Waals surface area contributed by atoms with Crippen LogP contribution in [0.25, 0.3) is 5.70 Å². The largest absolute Gasteiger partial charge is 0.493 e. The Morgan fingerprint density at radius 2 is 2.00 bits per heavy atom. The van der Waals surface area contributed by atoms with Crippen molar-refractivity contribution in [2.75, 3.05) is 6.61 Å². The summed E-state index contributed by atoms with van der Waals surface area (Å²) in [5.41, 5.74) is -0.643. The van der Waals surface area contributed by atoms with Crippen LogP contribution in [0.2, 0.25) is 0 Å². The third kappa shape index (κ3) is 3.15. The first-order valence-electron chi connectivity index (χ1n) is 7.34. The van der Waals surface area contributed by atoms with Gasteiger partial charge in [0.25, 0.3) is 5.56 Å². The van der Waals surface area contributed by atoms with Gasteiger partial charge in [0, 0.05) is 17.7 Å². The van der Waals surface area contributed by atoms with E-state index in [4.69, 9.17) is 4.74 Å². The van der Waals surface area contributed by atoms with Crippen LogP contribution in [-0.4, -0.2) is 11.6 Å². The van der Waals surface area contributed by atoms with Gasteiger partial charge in [0.2, 0.25) is 0 Å². The number of hydrogen-bond acceptors (Lipinski definition) is 3. The summed E-state index contributed by atoms with van der Waals surface area (Å²) >= 11 is 0. The number of aromatic nitrogens is 1. The number of ether oxygens (including phenoxy) is 1. The zero-order valence-corrected chi connectivity index (χ0v) is 12.6. The number of aromatic amines is 1. The Morgan fingerprint density at radius 1 is 1.25 bits per heavy atom. The lowest BCUT2D eigenvalue weighted by atomic mass is 10.00. The number of para-hydroxylation sites is 1. The van der Waals surface area contributed by atoms with E-state index in [0.29, 0.717) is 13.0 Å². The van der Waals surface area contributed by atoms with Gasteiger partial charge in [-0.3, -0.25) is 4.79 Å². The highest BCUT2D eigenvalue weighted by Crippen LogP contribution is 2.33. The molecule has 0 saturated carbocycles. The van der Waals surface area contributed by atoms with Gasteiger partial charge in [-0.05, 0) is 18.2 Å². The average molecular weight is 336 g/mol. The molecule has 0 radical (unpaired) electrons. The van der Waals surface area contributed by atoms with E-state index in [1.165, 1.54) is 0 Å². The maximum Gasteiger partial charge on any atom is 0.431 e. The molecule has 1 aromatic carbocycles. The topological polar surface area (TPSA) is 54.1 Å². The molecule has 126 valence electrons.